The van der Waals surface area contributed by atoms with E-state index in [1.165, 1.54) is 32.1 Å². The van der Waals surface area contributed by atoms with Crippen LogP contribution >= 0.6 is 11.6 Å². The first-order chi connectivity index (χ1) is 18.0. The molecule has 38 heavy (non-hydrogen) atoms. The molecular weight excluding hydrogens is 527 g/mol. The highest BCUT2D eigenvalue weighted by molar-refractivity contribution is 6.35. The van der Waals surface area contributed by atoms with Gasteiger partial charge in [-0.05, 0) is 61.8 Å². The number of carboxylic acids is 2. The molecule has 1 saturated heterocycles. The summed E-state index contributed by atoms with van der Waals surface area (Å²) in [5.41, 5.74) is 1.24. The Balaban J connectivity index is 0.000000505. The number of anilines is 1. The number of alkyl halides is 3. The lowest BCUT2D eigenvalue weighted by molar-refractivity contribution is -0.192. The summed E-state index contributed by atoms with van der Waals surface area (Å²) >= 11 is 6.42. The van der Waals surface area contributed by atoms with Crippen LogP contribution in [-0.2, 0) is 9.59 Å². The lowest BCUT2D eigenvalue weighted by Crippen LogP contribution is -2.34. The van der Waals surface area contributed by atoms with Gasteiger partial charge in [-0.25, -0.2) is 9.78 Å². The number of benzene rings is 1. The summed E-state index contributed by atoms with van der Waals surface area (Å²) in [5.74, 6) is -1.98. The number of pyridine rings is 1. The molecule has 0 radical (unpaired) electrons. The zero-order valence-corrected chi connectivity index (χ0v) is 21.5. The van der Waals surface area contributed by atoms with Crippen LogP contribution in [0.1, 0.15) is 61.7 Å². The molecule has 3 N–H and O–H groups in total. The minimum Gasteiger partial charge on any atom is -0.481 e. The molecule has 0 unspecified atom stereocenters. The molecule has 4 rings (SSSR count). The number of nitrogens with one attached hydrogen (secondary N) is 1. The van der Waals surface area contributed by atoms with Crippen LogP contribution in [-0.4, -0.2) is 58.9 Å². The van der Waals surface area contributed by atoms with Crippen LogP contribution in [0.15, 0.2) is 24.3 Å². The number of rotatable bonds is 6. The number of fused-ring (bicyclic) bond motifs is 1. The van der Waals surface area contributed by atoms with Crippen molar-refractivity contribution in [3.05, 3.63) is 34.9 Å². The Kier molecular flexibility index (Phi) is 10.2. The van der Waals surface area contributed by atoms with E-state index in [2.05, 4.69) is 10.2 Å². The van der Waals surface area contributed by atoms with E-state index in [4.69, 9.17) is 31.6 Å². The van der Waals surface area contributed by atoms with Crippen LogP contribution < -0.4 is 10.2 Å². The molecule has 0 atom stereocenters. The van der Waals surface area contributed by atoms with E-state index in [1.54, 1.807) is 6.07 Å². The van der Waals surface area contributed by atoms with Gasteiger partial charge in [0.2, 0.25) is 0 Å². The van der Waals surface area contributed by atoms with Crippen molar-refractivity contribution in [1.29, 1.82) is 0 Å². The van der Waals surface area contributed by atoms with Gasteiger partial charge in [0.25, 0.3) is 5.91 Å². The van der Waals surface area contributed by atoms with E-state index in [-0.39, 0.29) is 18.2 Å². The van der Waals surface area contributed by atoms with E-state index < -0.39 is 18.1 Å². The second-order valence-electron chi connectivity index (χ2n) is 9.70. The molecular formula is C26H31ClF3N3O5. The summed E-state index contributed by atoms with van der Waals surface area (Å²) in [6, 6.07) is 7.47. The third kappa shape index (κ3) is 8.21. The van der Waals surface area contributed by atoms with Gasteiger partial charge in [0.1, 0.15) is 5.82 Å². The fourth-order valence-corrected chi connectivity index (χ4v) is 5.15. The monoisotopic (exact) mass is 557 g/mol. The maximum absolute atomic E-state index is 13.0. The van der Waals surface area contributed by atoms with E-state index >= 15 is 0 Å². The van der Waals surface area contributed by atoms with Crippen molar-refractivity contribution in [3.8, 4) is 0 Å². The molecule has 2 aliphatic rings. The van der Waals surface area contributed by atoms with Crippen LogP contribution in [0.25, 0.3) is 10.9 Å². The molecule has 1 aliphatic heterocycles. The normalized spacial score (nSPS) is 17.0. The van der Waals surface area contributed by atoms with Gasteiger partial charge < -0.3 is 20.4 Å². The van der Waals surface area contributed by atoms with Crippen molar-refractivity contribution in [2.45, 2.75) is 57.5 Å². The maximum Gasteiger partial charge on any atom is 0.490 e. The number of carboxylic acid groups (broad SMARTS) is 2. The Morgan fingerprint density at radius 3 is 2.18 bits per heavy atom. The molecule has 1 amide bonds. The summed E-state index contributed by atoms with van der Waals surface area (Å²) in [6.45, 7) is 2.28. The van der Waals surface area contributed by atoms with Gasteiger partial charge >= 0.3 is 18.1 Å². The van der Waals surface area contributed by atoms with Gasteiger partial charge in [-0.3, -0.25) is 9.59 Å². The second-order valence-corrected chi connectivity index (χ2v) is 10.1. The molecule has 1 aromatic carbocycles. The molecule has 8 nitrogen and oxygen atoms in total. The number of carbonyl (C=O) groups excluding carboxylic acids is 1. The first-order valence-electron chi connectivity index (χ1n) is 12.6. The zero-order chi connectivity index (χ0) is 27.9. The van der Waals surface area contributed by atoms with E-state index in [9.17, 15) is 22.8 Å². The van der Waals surface area contributed by atoms with Crippen LogP contribution in [0, 0.1) is 11.8 Å². The third-order valence-corrected chi connectivity index (χ3v) is 7.27. The summed E-state index contributed by atoms with van der Waals surface area (Å²) in [7, 11) is 0. The van der Waals surface area contributed by atoms with Crippen LogP contribution in [0.2, 0.25) is 5.02 Å². The number of aromatic nitrogens is 1. The van der Waals surface area contributed by atoms with Gasteiger partial charge in [-0.15, -0.1) is 0 Å². The zero-order valence-electron chi connectivity index (χ0n) is 20.8. The third-order valence-electron chi connectivity index (χ3n) is 6.95. The number of aliphatic carboxylic acids is 2. The number of amides is 1. The number of piperidine rings is 1. The predicted molar refractivity (Wildman–Crippen MR) is 137 cm³/mol. The van der Waals surface area contributed by atoms with Gasteiger partial charge in [-0.2, -0.15) is 13.2 Å². The topological polar surface area (TPSA) is 120 Å². The summed E-state index contributed by atoms with van der Waals surface area (Å²) in [6.07, 6.45) is 2.99. The minimum atomic E-state index is -5.08. The van der Waals surface area contributed by atoms with E-state index in [0.717, 1.165) is 42.7 Å². The first kappa shape index (κ1) is 29.5. The maximum atomic E-state index is 13.0. The molecule has 0 bridgehead atoms. The van der Waals surface area contributed by atoms with Crippen molar-refractivity contribution in [1.82, 2.24) is 10.3 Å². The van der Waals surface area contributed by atoms with E-state index in [1.807, 2.05) is 18.2 Å². The lowest BCUT2D eigenvalue weighted by Gasteiger charge is -2.32. The molecule has 1 saturated carbocycles. The number of halogens is 4. The van der Waals surface area contributed by atoms with Crippen LogP contribution in [0.5, 0.6) is 0 Å². The highest BCUT2D eigenvalue weighted by atomic mass is 35.5. The minimum absolute atomic E-state index is 0.134. The second kappa shape index (κ2) is 13.1. The molecule has 1 aliphatic carbocycles. The fraction of sp³-hybridized carbons (Fsp3) is 0.538. The molecule has 2 fully saturated rings. The number of hydrogen-bond acceptors (Lipinski definition) is 5. The Hall–Kier alpha value is -3.08. The Labute approximate surface area is 223 Å². The van der Waals surface area contributed by atoms with Crippen molar-refractivity contribution in [2.75, 3.05) is 24.5 Å². The average molecular weight is 558 g/mol. The van der Waals surface area contributed by atoms with Crippen LogP contribution in [0.3, 0.4) is 0 Å². The molecule has 0 spiro atoms. The highest BCUT2D eigenvalue weighted by Crippen LogP contribution is 2.30. The number of hydrogen-bond donors (Lipinski definition) is 3. The fourth-order valence-electron chi connectivity index (χ4n) is 4.90. The highest BCUT2D eigenvalue weighted by Gasteiger charge is 2.38. The van der Waals surface area contributed by atoms with Gasteiger partial charge in [0.05, 0.1) is 16.1 Å². The SMILES string of the molecule is O=C(O)C(F)(F)F.O=C(O)CC1CCN(c2ccc3c(C(=O)NCC4CCCCC4)c(Cl)ccc3n2)CC1. The Bertz CT molecular complexity index is 1150. The predicted octanol–water partition coefficient (Wildman–Crippen LogP) is 5.52. The smallest absolute Gasteiger partial charge is 0.481 e. The molecule has 2 aromatic rings. The molecule has 2 heterocycles. The number of carbonyl (C=O) groups is 3. The summed E-state index contributed by atoms with van der Waals surface area (Å²) in [5, 5.41) is 20.4. The lowest BCUT2D eigenvalue weighted by atomic mass is 9.89. The Morgan fingerprint density at radius 1 is 0.974 bits per heavy atom. The van der Waals surface area contributed by atoms with Crippen molar-refractivity contribution >= 4 is 46.2 Å². The summed E-state index contributed by atoms with van der Waals surface area (Å²) in [4.78, 5) is 39.8. The summed E-state index contributed by atoms with van der Waals surface area (Å²) < 4.78 is 31.7. The first-order valence-corrected chi connectivity index (χ1v) is 13.0. The average Bonchev–Trinajstić information content (AvgIpc) is 2.87. The van der Waals surface area contributed by atoms with Gasteiger partial charge in [0, 0.05) is 31.4 Å². The molecule has 208 valence electrons. The largest absolute Gasteiger partial charge is 0.490 e. The van der Waals surface area contributed by atoms with Crippen LogP contribution in [0.4, 0.5) is 19.0 Å². The van der Waals surface area contributed by atoms with Crippen molar-refractivity contribution in [2.24, 2.45) is 11.8 Å². The van der Waals surface area contributed by atoms with Crippen molar-refractivity contribution < 1.29 is 37.8 Å². The van der Waals surface area contributed by atoms with Gasteiger partial charge in [-0.1, -0.05) is 30.9 Å². The number of nitrogens with zero attached hydrogens (tertiary/aromatic N) is 2. The Morgan fingerprint density at radius 2 is 1.61 bits per heavy atom. The molecule has 1 aromatic heterocycles. The van der Waals surface area contributed by atoms with E-state index in [0.29, 0.717) is 23.0 Å². The quantitative estimate of drug-likeness (QED) is 0.427. The van der Waals surface area contributed by atoms with Crippen molar-refractivity contribution in [3.63, 3.8) is 0 Å². The van der Waals surface area contributed by atoms with Gasteiger partial charge in [0.15, 0.2) is 0 Å². The standard InChI is InChI=1S/C24H30ClN3O3.C2HF3O2/c25-19-7-8-20-18(23(19)24(31)26-15-17-4-2-1-3-5-17)6-9-21(27-20)28-12-10-16(11-13-28)14-22(29)30;3-2(4,5)1(6)7/h6-9,16-17H,1-5,10-15H2,(H,26,31)(H,29,30);(H,6,7). The molecule has 12 heteroatoms.